The molecule has 2 aromatic carbocycles. The van der Waals surface area contributed by atoms with Crippen molar-refractivity contribution in [2.75, 3.05) is 11.9 Å². The third-order valence-corrected chi connectivity index (χ3v) is 5.98. The lowest BCUT2D eigenvalue weighted by Gasteiger charge is -2.10. The zero-order valence-corrected chi connectivity index (χ0v) is 20.7. The highest BCUT2D eigenvalue weighted by atomic mass is 16.5. The number of hydrogen-bond acceptors (Lipinski definition) is 6. The molecule has 3 aromatic heterocycles. The Morgan fingerprint density at radius 3 is 2.53 bits per heavy atom. The standard InChI is InChI=1S/C27H27N7O2/c1-5-36-22-10-7-20(8-11-22)14-25(35)31-24-13-19(4)32-34(24)27-23-15-30-33(26(23)28-16-29-27)21-9-6-17(2)18(3)12-21/h6-13,15-16H,5,14H2,1-4H3,(H,31,35). The van der Waals surface area contributed by atoms with Gasteiger partial charge >= 0.3 is 0 Å². The van der Waals surface area contributed by atoms with E-state index in [1.165, 1.54) is 17.5 Å². The molecule has 0 aliphatic rings. The molecule has 0 saturated heterocycles. The van der Waals surface area contributed by atoms with Crippen LogP contribution >= 0.6 is 0 Å². The van der Waals surface area contributed by atoms with Gasteiger partial charge in [0, 0.05) is 6.07 Å². The number of aromatic nitrogens is 6. The molecule has 0 aliphatic carbocycles. The highest BCUT2D eigenvalue weighted by molar-refractivity contribution is 5.92. The van der Waals surface area contributed by atoms with E-state index < -0.39 is 0 Å². The molecule has 1 N–H and O–H groups in total. The van der Waals surface area contributed by atoms with Crippen LogP contribution in [0.25, 0.3) is 22.5 Å². The van der Waals surface area contributed by atoms with Gasteiger partial charge < -0.3 is 10.1 Å². The van der Waals surface area contributed by atoms with Crippen molar-refractivity contribution in [1.29, 1.82) is 0 Å². The van der Waals surface area contributed by atoms with Crippen LogP contribution in [-0.4, -0.2) is 42.0 Å². The number of hydrogen-bond donors (Lipinski definition) is 1. The molecule has 0 fully saturated rings. The summed E-state index contributed by atoms with van der Waals surface area (Å²) in [6.07, 6.45) is 3.43. The summed E-state index contributed by atoms with van der Waals surface area (Å²) in [7, 11) is 0. The smallest absolute Gasteiger partial charge is 0.229 e. The molecule has 0 radical (unpaired) electrons. The third kappa shape index (κ3) is 4.55. The number of aryl methyl sites for hydroxylation is 3. The largest absolute Gasteiger partial charge is 0.494 e. The van der Waals surface area contributed by atoms with Crippen LogP contribution in [0.15, 0.2) is 61.1 Å². The van der Waals surface area contributed by atoms with Crippen LogP contribution in [0.2, 0.25) is 0 Å². The van der Waals surface area contributed by atoms with Crippen molar-refractivity contribution in [3.63, 3.8) is 0 Å². The van der Waals surface area contributed by atoms with E-state index in [2.05, 4.69) is 51.5 Å². The van der Waals surface area contributed by atoms with Gasteiger partial charge in [-0.15, -0.1) is 0 Å². The van der Waals surface area contributed by atoms with Gasteiger partial charge in [0.1, 0.15) is 17.9 Å². The van der Waals surface area contributed by atoms with E-state index in [4.69, 9.17) is 4.74 Å². The van der Waals surface area contributed by atoms with Crippen molar-refractivity contribution in [1.82, 2.24) is 29.5 Å². The number of amides is 1. The quantitative estimate of drug-likeness (QED) is 0.367. The summed E-state index contributed by atoms with van der Waals surface area (Å²) in [5.74, 6) is 1.70. The Morgan fingerprint density at radius 1 is 0.972 bits per heavy atom. The van der Waals surface area contributed by atoms with E-state index >= 15 is 0 Å². The molecule has 182 valence electrons. The predicted octanol–water partition coefficient (Wildman–Crippen LogP) is 4.51. The Labute approximate surface area is 208 Å². The van der Waals surface area contributed by atoms with Gasteiger partial charge in [-0.05, 0) is 68.7 Å². The normalized spacial score (nSPS) is 11.1. The SMILES string of the molecule is CCOc1ccc(CC(=O)Nc2cc(C)nn2-c2ncnc3c2cnn3-c2ccc(C)c(C)c2)cc1. The van der Waals surface area contributed by atoms with E-state index in [9.17, 15) is 4.79 Å². The second-order valence-corrected chi connectivity index (χ2v) is 8.64. The number of fused-ring (bicyclic) bond motifs is 1. The number of anilines is 1. The highest BCUT2D eigenvalue weighted by Gasteiger charge is 2.18. The molecule has 5 rings (SSSR count). The summed E-state index contributed by atoms with van der Waals surface area (Å²) < 4.78 is 8.89. The first-order valence-corrected chi connectivity index (χ1v) is 11.8. The fourth-order valence-corrected chi connectivity index (χ4v) is 4.04. The van der Waals surface area contributed by atoms with Crippen LogP contribution in [0.1, 0.15) is 29.3 Å². The third-order valence-electron chi connectivity index (χ3n) is 5.98. The highest BCUT2D eigenvalue weighted by Crippen LogP contribution is 2.25. The lowest BCUT2D eigenvalue weighted by molar-refractivity contribution is -0.115. The molecule has 36 heavy (non-hydrogen) atoms. The number of ether oxygens (including phenoxy) is 1. The second-order valence-electron chi connectivity index (χ2n) is 8.64. The zero-order valence-electron chi connectivity index (χ0n) is 20.7. The topological polar surface area (TPSA) is 99.8 Å². The van der Waals surface area contributed by atoms with E-state index in [1.54, 1.807) is 15.6 Å². The summed E-state index contributed by atoms with van der Waals surface area (Å²) in [5.41, 5.74) is 5.59. The average molecular weight is 482 g/mol. The average Bonchev–Trinajstić information content (AvgIpc) is 3.45. The first kappa shape index (κ1) is 23.2. The molecular formula is C27H27N7O2. The van der Waals surface area contributed by atoms with Crippen LogP contribution in [0, 0.1) is 20.8 Å². The Kier molecular flexibility index (Phi) is 6.20. The van der Waals surface area contributed by atoms with Crippen molar-refractivity contribution in [3.05, 3.63) is 83.4 Å². The Morgan fingerprint density at radius 2 is 1.78 bits per heavy atom. The number of nitrogens with one attached hydrogen (secondary N) is 1. The summed E-state index contributed by atoms with van der Waals surface area (Å²) in [6.45, 7) is 8.55. The van der Waals surface area contributed by atoms with Crippen molar-refractivity contribution in [2.24, 2.45) is 0 Å². The molecule has 0 atom stereocenters. The van der Waals surface area contributed by atoms with E-state index in [1.807, 2.05) is 50.2 Å². The first-order chi connectivity index (χ1) is 17.4. The molecule has 0 bridgehead atoms. The fourth-order valence-electron chi connectivity index (χ4n) is 4.04. The summed E-state index contributed by atoms with van der Waals surface area (Å²) in [4.78, 5) is 21.8. The molecule has 9 heteroatoms. The van der Waals surface area contributed by atoms with Gasteiger partial charge in [0.05, 0.1) is 36.0 Å². The van der Waals surface area contributed by atoms with Gasteiger partial charge in [-0.1, -0.05) is 18.2 Å². The van der Waals surface area contributed by atoms with Crippen LogP contribution in [0.5, 0.6) is 5.75 Å². The van der Waals surface area contributed by atoms with Gasteiger partial charge in [0.15, 0.2) is 11.5 Å². The Hall–Kier alpha value is -4.53. The number of carbonyl (C=O) groups excluding carboxylic acids is 1. The second kappa shape index (κ2) is 9.61. The Balaban J connectivity index is 1.44. The van der Waals surface area contributed by atoms with Gasteiger partial charge in [-0.2, -0.15) is 14.9 Å². The van der Waals surface area contributed by atoms with Crippen molar-refractivity contribution in [2.45, 2.75) is 34.1 Å². The minimum Gasteiger partial charge on any atom is -0.494 e. The minimum absolute atomic E-state index is 0.156. The van der Waals surface area contributed by atoms with Crippen molar-refractivity contribution in [3.8, 4) is 17.3 Å². The molecule has 3 heterocycles. The molecule has 0 saturated carbocycles. The van der Waals surface area contributed by atoms with Crippen molar-refractivity contribution < 1.29 is 9.53 Å². The van der Waals surface area contributed by atoms with Gasteiger partial charge in [0.2, 0.25) is 5.91 Å². The number of nitrogens with zero attached hydrogens (tertiary/aromatic N) is 6. The van der Waals surface area contributed by atoms with Crippen LogP contribution in [0.3, 0.4) is 0 Å². The van der Waals surface area contributed by atoms with Gasteiger partial charge in [-0.3, -0.25) is 4.79 Å². The maximum atomic E-state index is 12.9. The number of rotatable bonds is 7. The Bertz CT molecular complexity index is 1550. The molecule has 0 unspecified atom stereocenters. The number of benzene rings is 2. The van der Waals surface area contributed by atoms with Crippen LogP contribution in [-0.2, 0) is 11.2 Å². The zero-order chi connectivity index (χ0) is 25.2. The summed E-state index contributed by atoms with van der Waals surface area (Å²) in [6, 6.07) is 15.5. The van der Waals surface area contributed by atoms with Crippen molar-refractivity contribution >= 4 is 22.8 Å². The molecule has 0 spiro atoms. The fraction of sp³-hybridized carbons (Fsp3) is 0.222. The van der Waals surface area contributed by atoms with Gasteiger partial charge in [0.25, 0.3) is 0 Å². The van der Waals surface area contributed by atoms with Crippen LogP contribution < -0.4 is 10.1 Å². The van der Waals surface area contributed by atoms with E-state index in [0.29, 0.717) is 23.9 Å². The summed E-state index contributed by atoms with van der Waals surface area (Å²) >= 11 is 0. The molecule has 5 aromatic rings. The number of carbonyl (C=O) groups is 1. The summed E-state index contributed by atoms with van der Waals surface area (Å²) in [5, 5.41) is 12.9. The van der Waals surface area contributed by atoms with Crippen LogP contribution in [0.4, 0.5) is 5.82 Å². The maximum absolute atomic E-state index is 12.9. The van der Waals surface area contributed by atoms with E-state index in [0.717, 1.165) is 28.1 Å². The molecule has 0 aliphatic heterocycles. The lowest BCUT2D eigenvalue weighted by atomic mass is 10.1. The lowest BCUT2D eigenvalue weighted by Crippen LogP contribution is -2.17. The maximum Gasteiger partial charge on any atom is 0.229 e. The molecular weight excluding hydrogens is 454 g/mol. The predicted molar refractivity (Wildman–Crippen MR) is 138 cm³/mol. The first-order valence-electron chi connectivity index (χ1n) is 11.8. The van der Waals surface area contributed by atoms with E-state index in [-0.39, 0.29) is 12.3 Å². The molecule has 9 nitrogen and oxygen atoms in total. The molecule has 1 amide bonds. The van der Waals surface area contributed by atoms with Gasteiger partial charge in [-0.25, -0.2) is 14.6 Å². The monoisotopic (exact) mass is 481 g/mol. The minimum atomic E-state index is -0.156.